The molecule has 0 saturated carbocycles. The quantitative estimate of drug-likeness (QED) is 0.493. The Morgan fingerprint density at radius 2 is 1.84 bits per heavy atom. The fraction of sp³-hybridized carbons (Fsp3) is 0.333. The van der Waals surface area contributed by atoms with Crippen molar-refractivity contribution < 1.29 is 19.0 Å². The van der Waals surface area contributed by atoms with Crippen LogP contribution >= 0.6 is 12.2 Å². The highest BCUT2D eigenvalue weighted by atomic mass is 32.1. The Bertz CT molecular complexity index is 1010. The third kappa shape index (κ3) is 4.99. The van der Waals surface area contributed by atoms with Crippen molar-refractivity contribution >= 4 is 23.3 Å². The molecule has 2 aromatic carbocycles. The van der Waals surface area contributed by atoms with Crippen LogP contribution in [0.1, 0.15) is 42.1 Å². The van der Waals surface area contributed by atoms with Gasteiger partial charge < -0.3 is 24.8 Å². The molecule has 0 spiro atoms. The summed E-state index contributed by atoms with van der Waals surface area (Å²) in [6.45, 7) is 8.28. The van der Waals surface area contributed by atoms with Crippen molar-refractivity contribution in [2.45, 2.75) is 40.3 Å². The van der Waals surface area contributed by atoms with E-state index in [-0.39, 0.29) is 5.97 Å². The molecule has 1 atom stereocenters. The number of para-hydroxylation sites is 1. The lowest BCUT2D eigenvalue weighted by atomic mass is 9.94. The zero-order chi connectivity index (χ0) is 22.5. The molecule has 1 aliphatic heterocycles. The van der Waals surface area contributed by atoms with Crippen molar-refractivity contribution in [3.8, 4) is 11.5 Å². The summed E-state index contributed by atoms with van der Waals surface area (Å²) in [6, 6.07) is 11.4. The number of thiocarbonyl (C=S) groups is 1. The van der Waals surface area contributed by atoms with E-state index < -0.39 is 6.04 Å². The summed E-state index contributed by atoms with van der Waals surface area (Å²) in [7, 11) is 1.63. The largest absolute Gasteiger partial charge is 0.496 e. The lowest BCUT2D eigenvalue weighted by Crippen LogP contribution is -2.45. The molecule has 0 aliphatic carbocycles. The summed E-state index contributed by atoms with van der Waals surface area (Å²) in [5.74, 6) is 1.20. The van der Waals surface area contributed by atoms with Crippen LogP contribution in [0.15, 0.2) is 47.7 Å². The minimum atomic E-state index is -0.433. The number of nitrogens with one attached hydrogen (secondary N) is 2. The van der Waals surface area contributed by atoms with Gasteiger partial charge in [-0.3, -0.25) is 0 Å². The fourth-order valence-electron chi connectivity index (χ4n) is 3.69. The number of allylic oxidation sites excluding steroid dienone is 1. The first-order valence-electron chi connectivity index (χ1n) is 10.2. The van der Waals surface area contributed by atoms with Crippen molar-refractivity contribution in [2.75, 3.05) is 13.7 Å². The number of aryl methyl sites for hydroxylation is 2. The Kier molecular flexibility index (Phi) is 7.17. The lowest BCUT2D eigenvalue weighted by Gasteiger charge is -2.30. The minimum absolute atomic E-state index is 0.296. The van der Waals surface area contributed by atoms with Crippen molar-refractivity contribution in [2.24, 2.45) is 0 Å². The van der Waals surface area contributed by atoms with Gasteiger partial charge in [-0.15, -0.1) is 0 Å². The molecule has 3 rings (SSSR count). The van der Waals surface area contributed by atoms with Gasteiger partial charge in [0.25, 0.3) is 0 Å². The van der Waals surface area contributed by atoms with E-state index in [0.717, 1.165) is 28.0 Å². The number of methoxy groups -OCH3 is 1. The Hall–Kier alpha value is -3.06. The summed E-state index contributed by atoms with van der Waals surface area (Å²) in [6.07, 6.45) is 0. The van der Waals surface area contributed by atoms with E-state index in [2.05, 4.69) is 10.6 Å². The molecule has 31 heavy (non-hydrogen) atoms. The maximum absolute atomic E-state index is 12.6. The topological polar surface area (TPSA) is 68.8 Å². The van der Waals surface area contributed by atoms with Crippen molar-refractivity contribution in [1.82, 2.24) is 10.6 Å². The Labute approximate surface area is 188 Å². The monoisotopic (exact) mass is 440 g/mol. The third-order valence-electron chi connectivity index (χ3n) is 5.18. The summed E-state index contributed by atoms with van der Waals surface area (Å²) in [5.41, 5.74) is 5.06. The summed E-state index contributed by atoms with van der Waals surface area (Å²) >= 11 is 5.33. The standard InChI is InChI=1S/C24H28N2O4S/c1-6-29-23(27)20-16(4)25-24(31)26-21(20)17-10-11-19(28-5)18(12-17)13-30-22-14(2)8-7-9-15(22)3/h7-12,21H,6,13H2,1-5H3,(H2,25,26,31)/t21-/m0/s1. The Balaban J connectivity index is 1.95. The van der Waals surface area contributed by atoms with Crippen molar-refractivity contribution in [3.05, 3.63) is 69.9 Å². The number of carbonyl (C=O) groups is 1. The van der Waals surface area contributed by atoms with Crippen LogP contribution in [0.4, 0.5) is 0 Å². The number of hydrogen-bond donors (Lipinski definition) is 2. The molecule has 1 heterocycles. The number of benzene rings is 2. The normalized spacial score (nSPS) is 15.8. The van der Waals surface area contributed by atoms with E-state index in [1.807, 2.05) is 57.2 Å². The number of carbonyl (C=O) groups excluding carboxylic acids is 1. The van der Waals surface area contributed by atoms with Gasteiger partial charge in [-0.1, -0.05) is 24.3 Å². The van der Waals surface area contributed by atoms with Gasteiger partial charge in [-0.25, -0.2) is 4.79 Å². The van der Waals surface area contributed by atoms with Crippen LogP contribution in [0.2, 0.25) is 0 Å². The minimum Gasteiger partial charge on any atom is -0.496 e. The van der Waals surface area contributed by atoms with Crippen LogP contribution in [0.5, 0.6) is 11.5 Å². The molecule has 6 nitrogen and oxygen atoms in total. The van der Waals surface area contributed by atoms with Gasteiger partial charge in [0, 0.05) is 11.3 Å². The Morgan fingerprint density at radius 3 is 2.48 bits per heavy atom. The maximum atomic E-state index is 12.6. The van der Waals surface area contributed by atoms with E-state index in [1.54, 1.807) is 14.0 Å². The van der Waals surface area contributed by atoms with E-state index in [9.17, 15) is 4.79 Å². The fourth-order valence-corrected chi connectivity index (χ4v) is 3.96. The number of ether oxygens (including phenoxy) is 3. The molecule has 0 fully saturated rings. The summed E-state index contributed by atoms with van der Waals surface area (Å²) in [4.78, 5) is 12.6. The second-order valence-corrected chi connectivity index (χ2v) is 7.78. The predicted octanol–water partition coefficient (Wildman–Crippen LogP) is 4.25. The van der Waals surface area contributed by atoms with Crippen LogP contribution in [0.25, 0.3) is 0 Å². The molecule has 0 amide bonds. The van der Waals surface area contributed by atoms with Gasteiger partial charge in [-0.2, -0.15) is 0 Å². The van der Waals surface area contributed by atoms with Gasteiger partial charge in [0.1, 0.15) is 18.1 Å². The number of rotatable bonds is 7. The van der Waals surface area contributed by atoms with Gasteiger partial charge in [0.15, 0.2) is 5.11 Å². The van der Waals surface area contributed by atoms with Crippen LogP contribution in [0.3, 0.4) is 0 Å². The molecular weight excluding hydrogens is 412 g/mol. The first-order valence-corrected chi connectivity index (χ1v) is 10.6. The summed E-state index contributed by atoms with van der Waals surface area (Å²) in [5, 5.41) is 6.66. The molecule has 1 aliphatic rings. The van der Waals surface area contributed by atoms with E-state index in [0.29, 0.717) is 35.3 Å². The molecular formula is C24H28N2O4S. The van der Waals surface area contributed by atoms with Crippen LogP contribution in [-0.2, 0) is 16.1 Å². The molecule has 7 heteroatoms. The smallest absolute Gasteiger partial charge is 0.338 e. The third-order valence-corrected chi connectivity index (χ3v) is 5.40. The number of esters is 1. The van der Waals surface area contributed by atoms with Gasteiger partial charge >= 0.3 is 5.97 Å². The predicted molar refractivity (Wildman–Crippen MR) is 124 cm³/mol. The molecule has 164 valence electrons. The molecule has 0 unspecified atom stereocenters. The second kappa shape index (κ2) is 9.83. The van der Waals surface area contributed by atoms with Crippen LogP contribution in [-0.4, -0.2) is 24.8 Å². The first-order chi connectivity index (χ1) is 14.8. The molecule has 0 radical (unpaired) electrons. The van der Waals surface area contributed by atoms with Crippen molar-refractivity contribution in [1.29, 1.82) is 0 Å². The lowest BCUT2D eigenvalue weighted by molar-refractivity contribution is -0.139. The highest BCUT2D eigenvalue weighted by Crippen LogP contribution is 2.32. The molecule has 0 aromatic heterocycles. The highest BCUT2D eigenvalue weighted by molar-refractivity contribution is 7.80. The molecule has 2 aromatic rings. The average Bonchev–Trinajstić information content (AvgIpc) is 2.72. The SMILES string of the molecule is CCOC(=O)C1=C(C)NC(=S)N[C@H]1c1ccc(OC)c(COc2c(C)cccc2C)c1. The second-order valence-electron chi connectivity index (χ2n) is 7.37. The zero-order valence-electron chi connectivity index (χ0n) is 18.5. The molecule has 0 bridgehead atoms. The number of hydrogen-bond acceptors (Lipinski definition) is 5. The van der Waals surface area contributed by atoms with Gasteiger partial charge in [-0.05, 0) is 68.7 Å². The maximum Gasteiger partial charge on any atom is 0.338 e. The van der Waals surface area contributed by atoms with Gasteiger partial charge in [0.05, 0.1) is 25.3 Å². The first kappa shape index (κ1) is 22.6. The molecule has 0 saturated heterocycles. The Morgan fingerprint density at radius 1 is 1.13 bits per heavy atom. The highest BCUT2D eigenvalue weighted by Gasteiger charge is 2.31. The van der Waals surface area contributed by atoms with Crippen LogP contribution in [0, 0.1) is 13.8 Å². The van der Waals surface area contributed by atoms with E-state index in [4.69, 9.17) is 26.4 Å². The average molecular weight is 441 g/mol. The van der Waals surface area contributed by atoms with Crippen LogP contribution < -0.4 is 20.1 Å². The zero-order valence-corrected chi connectivity index (χ0v) is 19.3. The summed E-state index contributed by atoms with van der Waals surface area (Å²) < 4.78 is 17.0. The molecule has 2 N–H and O–H groups in total. The van der Waals surface area contributed by atoms with Gasteiger partial charge in [0.2, 0.25) is 0 Å². The van der Waals surface area contributed by atoms with E-state index >= 15 is 0 Å². The van der Waals surface area contributed by atoms with E-state index in [1.165, 1.54) is 0 Å². The van der Waals surface area contributed by atoms with Crippen molar-refractivity contribution in [3.63, 3.8) is 0 Å².